The number of hydrogen-bond donors (Lipinski definition) is 6. The molecule has 6 N–H and O–H groups in total. The Labute approximate surface area is 80.6 Å². The minimum absolute atomic E-state index is 0.756. The first kappa shape index (κ1) is 13.3. The van der Waals surface area contributed by atoms with Crippen molar-refractivity contribution in [1.29, 1.82) is 0 Å². The lowest BCUT2D eigenvalue weighted by atomic mass is 10.0. The van der Waals surface area contributed by atoms with E-state index < -0.39 is 36.9 Å². The van der Waals surface area contributed by atoms with Gasteiger partial charge in [-0.3, -0.25) is 4.79 Å². The van der Waals surface area contributed by atoms with E-state index in [1.165, 1.54) is 7.05 Å². The van der Waals surface area contributed by atoms with Crippen molar-refractivity contribution in [2.24, 2.45) is 0 Å². The van der Waals surface area contributed by atoms with E-state index >= 15 is 0 Å². The van der Waals surface area contributed by atoms with Crippen molar-refractivity contribution < 1.29 is 30.3 Å². The van der Waals surface area contributed by atoms with Crippen LogP contribution < -0.4 is 5.32 Å². The molecular weight excluding hydrogens is 194 g/mol. The maximum atomic E-state index is 10.5. The summed E-state index contributed by atoms with van der Waals surface area (Å²) in [5.41, 5.74) is 0. The molecule has 0 saturated carbocycles. The summed E-state index contributed by atoms with van der Waals surface area (Å²) in [4.78, 5) is 10.5. The maximum Gasteiger partial charge on any atom is 0.323 e. The van der Waals surface area contributed by atoms with Crippen molar-refractivity contribution in [3.8, 4) is 0 Å². The predicted octanol–water partition coefficient (Wildman–Crippen LogP) is -3.27. The molecular formula is C7H15NO6. The number of carbonyl (C=O) groups is 1. The van der Waals surface area contributed by atoms with Gasteiger partial charge in [-0.05, 0) is 7.05 Å². The Bertz CT molecular complexity index is 187. The van der Waals surface area contributed by atoms with Crippen molar-refractivity contribution >= 4 is 5.97 Å². The molecule has 0 unspecified atom stereocenters. The van der Waals surface area contributed by atoms with Crippen LogP contribution in [0.2, 0.25) is 0 Å². The minimum atomic E-state index is -1.71. The van der Waals surface area contributed by atoms with Crippen LogP contribution in [0.25, 0.3) is 0 Å². The minimum Gasteiger partial charge on any atom is -0.480 e. The number of carboxylic acids is 1. The summed E-state index contributed by atoms with van der Waals surface area (Å²) >= 11 is 0. The number of nitrogens with one attached hydrogen (secondary N) is 1. The molecule has 14 heavy (non-hydrogen) atoms. The molecule has 0 fully saturated rings. The van der Waals surface area contributed by atoms with Crippen LogP contribution in [0.3, 0.4) is 0 Å². The Hall–Kier alpha value is -0.730. The van der Waals surface area contributed by atoms with E-state index in [9.17, 15) is 15.0 Å². The molecule has 0 aromatic heterocycles. The molecule has 0 aliphatic rings. The van der Waals surface area contributed by atoms with Gasteiger partial charge in [-0.1, -0.05) is 0 Å². The predicted molar refractivity (Wildman–Crippen MR) is 45.6 cm³/mol. The third-order valence-electron chi connectivity index (χ3n) is 1.85. The number of aliphatic hydroxyl groups is 4. The highest BCUT2D eigenvalue weighted by Gasteiger charge is 2.34. The third kappa shape index (κ3) is 3.20. The largest absolute Gasteiger partial charge is 0.480 e. The van der Waals surface area contributed by atoms with Crippen LogP contribution in [0.1, 0.15) is 0 Å². The van der Waals surface area contributed by atoms with Crippen LogP contribution in [0, 0.1) is 0 Å². The van der Waals surface area contributed by atoms with Gasteiger partial charge in [0.1, 0.15) is 24.4 Å². The fourth-order valence-electron chi connectivity index (χ4n) is 0.973. The van der Waals surface area contributed by atoms with Crippen molar-refractivity contribution in [1.82, 2.24) is 5.32 Å². The quantitative estimate of drug-likeness (QED) is 0.270. The summed E-state index contributed by atoms with van der Waals surface area (Å²) in [6, 6.07) is -1.40. The molecule has 0 heterocycles. The average Bonchev–Trinajstić information content (AvgIpc) is 2.15. The van der Waals surface area contributed by atoms with Gasteiger partial charge in [0.2, 0.25) is 0 Å². The number of rotatable bonds is 6. The molecule has 0 saturated heterocycles. The summed E-state index contributed by atoms with van der Waals surface area (Å²) in [5.74, 6) is -1.36. The lowest BCUT2D eigenvalue weighted by molar-refractivity contribution is -0.148. The molecule has 0 spiro atoms. The highest BCUT2D eigenvalue weighted by atomic mass is 16.4. The lowest BCUT2D eigenvalue weighted by Gasteiger charge is -2.25. The number of hydrogen-bond acceptors (Lipinski definition) is 6. The first-order valence-corrected chi connectivity index (χ1v) is 4.00. The summed E-state index contributed by atoms with van der Waals surface area (Å²) < 4.78 is 0. The molecule has 4 atom stereocenters. The summed E-state index contributed by atoms with van der Waals surface area (Å²) in [5, 5.41) is 46.7. The van der Waals surface area contributed by atoms with Crippen LogP contribution in [-0.4, -0.2) is 69.5 Å². The number of aliphatic carboxylic acids is 1. The highest BCUT2D eigenvalue weighted by molar-refractivity contribution is 5.74. The maximum absolute atomic E-state index is 10.5. The topological polar surface area (TPSA) is 130 Å². The Morgan fingerprint density at radius 2 is 1.79 bits per heavy atom. The lowest BCUT2D eigenvalue weighted by Crippen LogP contribution is -2.53. The van der Waals surface area contributed by atoms with Crippen LogP contribution in [0.4, 0.5) is 0 Å². The molecule has 0 aromatic rings. The van der Waals surface area contributed by atoms with E-state index in [0.29, 0.717) is 0 Å². The Morgan fingerprint density at radius 1 is 1.29 bits per heavy atom. The average molecular weight is 209 g/mol. The zero-order chi connectivity index (χ0) is 11.3. The van der Waals surface area contributed by atoms with Gasteiger partial charge < -0.3 is 30.8 Å². The van der Waals surface area contributed by atoms with Crippen molar-refractivity contribution in [3.05, 3.63) is 0 Å². The van der Waals surface area contributed by atoms with E-state index in [-0.39, 0.29) is 0 Å². The molecule has 0 bridgehead atoms. The number of aliphatic hydroxyl groups excluding tert-OH is 4. The van der Waals surface area contributed by atoms with Crippen LogP contribution in [0.5, 0.6) is 0 Å². The molecule has 7 heteroatoms. The van der Waals surface area contributed by atoms with Crippen molar-refractivity contribution in [3.63, 3.8) is 0 Å². The third-order valence-corrected chi connectivity index (χ3v) is 1.85. The zero-order valence-electron chi connectivity index (χ0n) is 7.66. The van der Waals surface area contributed by atoms with E-state index in [1.807, 2.05) is 0 Å². The Kier molecular flexibility index (Phi) is 5.58. The summed E-state index contributed by atoms with van der Waals surface area (Å²) in [7, 11) is 1.29. The monoisotopic (exact) mass is 209 g/mol. The molecule has 0 rings (SSSR count). The summed E-state index contributed by atoms with van der Waals surface area (Å²) in [6.45, 7) is -0.756. The van der Waals surface area contributed by atoms with E-state index in [2.05, 4.69) is 5.32 Å². The Morgan fingerprint density at radius 3 is 2.07 bits per heavy atom. The van der Waals surface area contributed by atoms with Crippen molar-refractivity contribution in [2.45, 2.75) is 24.4 Å². The first-order chi connectivity index (χ1) is 6.45. The van der Waals surface area contributed by atoms with Crippen molar-refractivity contribution in [2.75, 3.05) is 13.7 Å². The summed E-state index contributed by atoms with van der Waals surface area (Å²) in [6.07, 6.45) is -4.98. The Balaban J connectivity index is 4.41. The highest BCUT2D eigenvalue weighted by Crippen LogP contribution is 2.04. The molecule has 7 nitrogen and oxygen atoms in total. The first-order valence-electron chi connectivity index (χ1n) is 4.00. The number of carboxylic acid groups (broad SMARTS) is 1. The van der Waals surface area contributed by atoms with Gasteiger partial charge in [0.25, 0.3) is 0 Å². The van der Waals surface area contributed by atoms with Crippen LogP contribution in [-0.2, 0) is 4.79 Å². The smallest absolute Gasteiger partial charge is 0.323 e. The van der Waals surface area contributed by atoms with Crippen LogP contribution >= 0.6 is 0 Å². The fraction of sp³-hybridized carbons (Fsp3) is 0.857. The van der Waals surface area contributed by atoms with Gasteiger partial charge in [-0.2, -0.15) is 0 Å². The number of likely N-dealkylation sites (N-methyl/N-ethyl adjacent to an activating group) is 1. The second-order valence-corrected chi connectivity index (χ2v) is 2.84. The second-order valence-electron chi connectivity index (χ2n) is 2.84. The van der Waals surface area contributed by atoms with E-state index in [1.54, 1.807) is 0 Å². The standard InChI is InChI=1S/C7H15NO6/c1-8-4(7(13)14)6(12)5(11)3(10)2-9/h3-6,8-12H,2H2,1H3,(H,13,14)/t3-,4-,5-,6-/m1/s1. The van der Waals surface area contributed by atoms with Gasteiger partial charge in [0.05, 0.1) is 6.61 Å². The van der Waals surface area contributed by atoms with Gasteiger partial charge in [0, 0.05) is 0 Å². The second kappa shape index (κ2) is 5.89. The van der Waals surface area contributed by atoms with Gasteiger partial charge in [0.15, 0.2) is 0 Å². The van der Waals surface area contributed by atoms with E-state index in [0.717, 1.165) is 0 Å². The molecule has 0 aromatic carbocycles. The molecule has 0 amide bonds. The van der Waals surface area contributed by atoms with Gasteiger partial charge in [-0.15, -0.1) is 0 Å². The fourth-order valence-corrected chi connectivity index (χ4v) is 0.973. The van der Waals surface area contributed by atoms with Gasteiger partial charge in [-0.25, -0.2) is 0 Å². The zero-order valence-corrected chi connectivity index (χ0v) is 7.66. The molecule has 0 radical (unpaired) electrons. The molecule has 0 aliphatic heterocycles. The molecule has 0 aliphatic carbocycles. The SMILES string of the molecule is CN[C@@H](C(=O)O)[C@@H](O)[C@H](O)[C@H](O)CO. The van der Waals surface area contributed by atoms with E-state index in [4.69, 9.17) is 15.3 Å². The molecule has 84 valence electrons. The van der Waals surface area contributed by atoms with Gasteiger partial charge >= 0.3 is 5.97 Å². The normalized spacial score (nSPS) is 19.8. The van der Waals surface area contributed by atoms with Crippen LogP contribution in [0.15, 0.2) is 0 Å².